The minimum atomic E-state index is 0.771. The minimum Gasteiger partial charge on any atom is -0.372 e. The van der Waals surface area contributed by atoms with E-state index in [1.165, 1.54) is 24.9 Å². The zero-order valence-electron chi connectivity index (χ0n) is 16.3. The fraction of sp³-hybridized carbons (Fsp3) is 0.524. The van der Waals surface area contributed by atoms with E-state index in [0.29, 0.717) is 0 Å². The molecule has 0 unspecified atom stereocenters. The first kappa shape index (κ1) is 18.5. The highest BCUT2D eigenvalue weighted by Gasteiger charge is 2.15. The number of piperidine rings is 1. The first-order chi connectivity index (χ1) is 12.6. The number of aromatic nitrogens is 2. The van der Waals surface area contributed by atoms with Crippen LogP contribution in [0.3, 0.4) is 0 Å². The Morgan fingerprint density at radius 3 is 2.46 bits per heavy atom. The molecule has 26 heavy (non-hydrogen) atoms. The molecule has 0 amide bonds. The maximum atomic E-state index is 4.51. The van der Waals surface area contributed by atoms with Gasteiger partial charge in [0.2, 0.25) is 0 Å². The van der Waals surface area contributed by atoms with Crippen LogP contribution in [0.25, 0.3) is 0 Å². The van der Waals surface area contributed by atoms with Crippen molar-refractivity contribution in [2.45, 2.75) is 46.5 Å². The summed E-state index contributed by atoms with van der Waals surface area (Å²) >= 11 is 0. The predicted molar refractivity (Wildman–Crippen MR) is 111 cm³/mol. The molecule has 0 aliphatic carbocycles. The van der Waals surface area contributed by atoms with Gasteiger partial charge in [0.25, 0.3) is 0 Å². The number of hydrogen-bond acceptors (Lipinski definition) is 5. The highest BCUT2D eigenvalue weighted by Crippen LogP contribution is 2.25. The van der Waals surface area contributed by atoms with Gasteiger partial charge in [-0.2, -0.15) is 0 Å². The lowest BCUT2D eigenvalue weighted by Crippen LogP contribution is -2.32. The van der Waals surface area contributed by atoms with Crippen molar-refractivity contribution >= 4 is 23.0 Å². The van der Waals surface area contributed by atoms with E-state index in [4.69, 9.17) is 0 Å². The Morgan fingerprint density at radius 2 is 1.77 bits per heavy atom. The van der Waals surface area contributed by atoms with Crippen LogP contribution in [0, 0.1) is 12.8 Å². The lowest BCUT2D eigenvalue weighted by atomic mass is 9.99. The molecule has 1 fully saturated rings. The van der Waals surface area contributed by atoms with E-state index in [0.717, 1.165) is 55.1 Å². The Bertz CT molecular complexity index is 690. The summed E-state index contributed by atoms with van der Waals surface area (Å²) in [7, 11) is 0. The van der Waals surface area contributed by atoms with Crippen LogP contribution in [-0.4, -0.2) is 29.6 Å². The molecular weight excluding hydrogens is 322 g/mol. The molecule has 2 aromatic rings. The Kier molecular flexibility index (Phi) is 6.31. The molecule has 1 saturated heterocycles. The molecule has 0 spiro atoms. The van der Waals surface area contributed by atoms with E-state index in [1.807, 2.05) is 13.0 Å². The van der Waals surface area contributed by atoms with Crippen molar-refractivity contribution in [1.29, 1.82) is 0 Å². The van der Waals surface area contributed by atoms with Gasteiger partial charge >= 0.3 is 0 Å². The van der Waals surface area contributed by atoms with E-state index < -0.39 is 0 Å². The normalized spacial score (nSPS) is 15.1. The molecule has 0 atom stereocenters. The van der Waals surface area contributed by atoms with Crippen LogP contribution in [-0.2, 0) is 0 Å². The summed E-state index contributed by atoms with van der Waals surface area (Å²) < 4.78 is 0. The first-order valence-electron chi connectivity index (χ1n) is 9.85. The Hall–Kier alpha value is -2.30. The van der Waals surface area contributed by atoms with Gasteiger partial charge in [0.15, 0.2) is 0 Å². The number of hydrogen-bond donors (Lipinski definition) is 2. The smallest absolute Gasteiger partial charge is 0.136 e. The van der Waals surface area contributed by atoms with Crippen molar-refractivity contribution in [1.82, 2.24) is 9.97 Å². The third kappa shape index (κ3) is 5.10. The molecular formula is C21H31N5. The molecule has 1 aromatic heterocycles. The third-order valence-corrected chi connectivity index (χ3v) is 4.96. The van der Waals surface area contributed by atoms with Gasteiger partial charge in [0.05, 0.1) is 0 Å². The lowest BCUT2D eigenvalue weighted by molar-refractivity contribution is 0.438. The van der Waals surface area contributed by atoms with Gasteiger partial charge in [-0.05, 0) is 56.4 Å². The molecule has 1 aliphatic rings. The van der Waals surface area contributed by atoms with Crippen molar-refractivity contribution in [3.8, 4) is 0 Å². The van der Waals surface area contributed by atoms with Crippen LogP contribution in [0.5, 0.6) is 0 Å². The van der Waals surface area contributed by atoms with Crippen LogP contribution in [0.4, 0.5) is 23.0 Å². The summed E-state index contributed by atoms with van der Waals surface area (Å²) in [4.78, 5) is 11.4. The van der Waals surface area contributed by atoms with Gasteiger partial charge in [0.1, 0.15) is 17.5 Å². The van der Waals surface area contributed by atoms with E-state index in [1.54, 1.807) is 0 Å². The Balaban J connectivity index is 1.63. The zero-order chi connectivity index (χ0) is 18.4. The second kappa shape index (κ2) is 8.88. The van der Waals surface area contributed by atoms with Crippen LogP contribution in [0.2, 0.25) is 0 Å². The summed E-state index contributed by atoms with van der Waals surface area (Å²) in [6, 6.07) is 10.6. The van der Waals surface area contributed by atoms with Gasteiger partial charge in [-0.3, -0.25) is 0 Å². The van der Waals surface area contributed by atoms with Crippen molar-refractivity contribution in [3.05, 3.63) is 36.2 Å². The summed E-state index contributed by atoms with van der Waals surface area (Å²) in [5.41, 5.74) is 2.36. The van der Waals surface area contributed by atoms with E-state index in [9.17, 15) is 0 Å². The summed E-state index contributed by atoms with van der Waals surface area (Å²) in [5.74, 6) is 3.34. The molecule has 2 N–H and O–H groups in total. The molecule has 2 heterocycles. The van der Waals surface area contributed by atoms with E-state index >= 15 is 0 Å². The molecule has 0 radical (unpaired) electrons. The standard InChI is InChI=1S/C21H31N5/c1-4-5-12-22-20-15-21(24-17(3)23-20)25-18-6-8-19(9-7-18)26-13-10-16(2)11-14-26/h6-9,15-16H,4-5,10-14H2,1-3H3,(H2,22,23,24,25). The van der Waals surface area contributed by atoms with Crippen LogP contribution < -0.4 is 15.5 Å². The second-order valence-electron chi connectivity index (χ2n) is 7.31. The number of rotatable bonds is 7. The topological polar surface area (TPSA) is 53.1 Å². The average Bonchev–Trinajstić information content (AvgIpc) is 2.63. The maximum Gasteiger partial charge on any atom is 0.136 e. The quantitative estimate of drug-likeness (QED) is 0.688. The Labute approximate surface area is 157 Å². The number of benzene rings is 1. The highest BCUT2D eigenvalue weighted by atomic mass is 15.1. The van der Waals surface area contributed by atoms with Gasteiger partial charge in [-0.25, -0.2) is 9.97 Å². The molecule has 3 rings (SSSR count). The summed E-state index contributed by atoms with van der Waals surface area (Å²) in [6.45, 7) is 9.72. The third-order valence-electron chi connectivity index (χ3n) is 4.96. The number of nitrogens with one attached hydrogen (secondary N) is 2. The van der Waals surface area contributed by atoms with Crippen LogP contribution in [0.15, 0.2) is 30.3 Å². The summed E-state index contributed by atoms with van der Waals surface area (Å²) in [5, 5.41) is 6.77. The molecule has 0 saturated carbocycles. The monoisotopic (exact) mass is 353 g/mol. The van der Waals surface area contributed by atoms with E-state index in [2.05, 4.69) is 63.6 Å². The first-order valence-corrected chi connectivity index (χ1v) is 9.85. The van der Waals surface area contributed by atoms with Gasteiger partial charge in [-0.15, -0.1) is 0 Å². The fourth-order valence-electron chi connectivity index (χ4n) is 3.29. The van der Waals surface area contributed by atoms with Gasteiger partial charge < -0.3 is 15.5 Å². The van der Waals surface area contributed by atoms with Crippen molar-refractivity contribution in [2.75, 3.05) is 35.2 Å². The molecule has 1 aliphatic heterocycles. The molecule has 1 aromatic carbocycles. The van der Waals surface area contributed by atoms with Gasteiger partial charge in [-0.1, -0.05) is 20.3 Å². The lowest BCUT2D eigenvalue weighted by Gasteiger charge is -2.32. The fourth-order valence-corrected chi connectivity index (χ4v) is 3.29. The predicted octanol–water partition coefficient (Wildman–Crippen LogP) is 4.98. The highest BCUT2D eigenvalue weighted by molar-refractivity contribution is 5.62. The molecule has 140 valence electrons. The van der Waals surface area contributed by atoms with Crippen molar-refractivity contribution in [3.63, 3.8) is 0 Å². The molecule has 5 heteroatoms. The second-order valence-corrected chi connectivity index (χ2v) is 7.31. The van der Waals surface area contributed by atoms with Crippen LogP contribution in [0.1, 0.15) is 45.4 Å². The summed E-state index contributed by atoms with van der Waals surface area (Å²) in [6.07, 6.45) is 4.88. The molecule has 5 nitrogen and oxygen atoms in total. The number of nitrogens with zero attached hydrogens (tertiary/aromatic N) is 3. The van der Waals surface area contributed by atoms with Crippen molar-refractivity contribution in [2.24, 2.45) is 5.92 Å². The number of aryl methyl sites for hydroxylation is 1. The minimum absolute atomic E-state index is 0.771. The number of anilines is 4. The van der Waals surface area contributed by atoms with Gasteiger partial charge in [0, 0.05) is 37.1 Å². The van der Waals surface area contributed by atoms with Crippen LogP contribution >= 0.6 is 0 Å². The molecule has 0 bridgehead atoms. The largest absolute Gasteiger partial charge is 0.372 e. The maximum absolute atomic E-state index is 4.51. The van der Waals surface area contributed by atoms with Crippen molar-refractivity contribution < 1.29 is 0 Å². The van der Waals surface area contributed by atoms with E-state index in [-0.39, 0.29) is 0 Å². The number of unbranched alkanes of at least 4 members (excludes halogenated alkanes) is 1. The zero-order valence-corrected chi connectivity index (χ0v) is 16.3. The SMILES string of the molecule is CCCCNc1cc(Nc2ccc(N3CCC(C)CC3)cc2)nc(C)n1. The Morgan fingerprint density at radius 1 is 1.08 bits per heavy atom. The average molecular weight is 354 g/mol.